The average Bonchev–Trinajstić information content (AvgIpc) is 2.40. The lowest BCUT2D eigenvalue weighted by atomic mass is 10.3. The molecule has 1 saturated heterocycles. The third kappa shape index (κ3) is 4.13. The number of alkyl halides is 2. The van der Waals surface area contributed by atoms with E-state index in [4.69, 9.17) is 0 Å². The summed E-state index contributed by atoms with van der Waals surface area (Å²) in [4.78, 5) is 19.1. The number of anilines is 1. The molecule has 5 nitrogen and oxygen atoms in total. The van der Waals surface area contributed by atoms with Gasteiger partial charge in [-0.2, -0.15) is 0 Å². The van der Waals surface area contributed by atoms with Gasteiger partial charge < -0.3 is 10.2 Å². The Morgan fingerprint density at radius 2 is 2.11 bits per heavy atom. The second-order valence-corrected chi connectivity index (χ2v) is 4.35. The molecule has 1 fully saturated rings. The van der Waals surface area contributed by atoms with Gasteiger partial charge >= 0.3 is 6.03 Å². The fourth-order valence-corrected chi connectivity index (χ4v) is 1.97. The summed E-state index contributed by atoms with van der Waals surface area (Å²) >= 11 is 0. The number of pyridine rings is 1. The molecule has 0 radical (unpaired) electrons. The topological polar surface area (TPSA) is 48.5 Å². The molecule has 0 saturated carbocycles. The molecule has 19 heavy (non-hydrogen) atoms. The highest BCUT2D eigenvalue weighted by Gasteiger charge is 2.22. The maximum Gasteiger partial charge on any atom is 0.321 e. The smallest absolute Gasteiger partial charge is 0.321 e. The minimum absolute atomic E-state index is 0.218. The molecule has 0 bridgehead atoms. The van der Waals surface area contributed by atoms with Crippen LogP contribution in [0.3, 0.4) is 0 Å². The van der Waals surface area contributed by atoms with Gasteiger partial charge in [-0.15, -0.1) is 0 Å². The molecule has 7 heteroatoms. The highest BCUT2D eigenvalue weighted by molar-refractivity contribution is 5.89. The first-order chi connectivity index (χ1) is 9.15. The Morgan fingerprint density at radius 3 is 2.68 bits per heavy atom. The summed E-state index contributed by atoms with van der Waals surface area (Å²) in [6, 6.07) is 3.26. The van der Waals surface area contributed by atoms with E-state index >= 15 is 0 Å². The van der Waals surface area contributed by atoms with Gasteiger partial charge in [0.15, 0.2) is 0 Å². The first kappa shape index (κ1) is 13.7. The normalized spacial score (nSPS) is 16.7. The molecule has 1 N–H and O–H groups in total. The van der Waals surface area contributed by atoms with Gasteiger partial charge in [-0.25, -0.2) is 13.6 Å². The molecular formula is C12H16F2N4O. The molecule has 1 aromatic heterocycles. The summed E-state index contributed by atoms with van der Waals surface area (Å²) < 4.78 is 24.4. The summed E-state index contributed by atoms with van der Waals surface area (Å²) in [5, 5.41) is 2.73. The van der Waals surface area contributed by atoms with Crippen molar-refractivity contribution in [1.29, 1.82) is 0 Å². The van der Waals surface area contributed by atoms with Gasteiger partial charge in [0.1, 0.15) is 0 Å². The summed E-state index contributed by atoms with van der Waals surface area (Å²) in [6.07, 6.45) is 0.861. The summed E-state index contributed by atoms with van der Waals surface area (Å²) in [6.45, 7) is 1.64. The number of urea groups is 1. The van der Waals surface area contributed by atoms with E-state index in [1.54, 1.807) is 34.3 Å². The number of amides is 2. The lowest BCUT2D eigenvalue weighted by molar-refractivity contribution is 0.0651. The number of carbonyl (C=O) groups excluding carboxylic acids is 1. The highest BCUT2D eigenvalue weighted by Crippen LogP contribution is 2.08. The fraction of sp³-hybridized carbons (Fsp3) is 0.500. The molecule has 1 aromatic rings. The number of aromatic nitrogens is 1. The minimum Gasteiger partial charge on any atom is -0.322 e. The molecule has 2 heterocycles. The standard InChI is InChI=1S/C12H16F2N4O/c13-11(14)9-17-4-6-18(7-5-17)12(19)16-10-2-1-3-15-8-10/h1-3,8,11H,4-7,9H2,(H,16,19). The lowest BCUT2D eigenvalue weighted by Crippen LogP contribution is -2.50. The quantitative estimate of drug-likeness (QED) is 0.905. The summed E-state index contributed by atoms with van der Waals surface area (Å²) in [5.74, 6) is 0. The number of nitrogens with one attached hydrogen (secondary N) is 1. The Labute approximate surface area is 110 Å². The van der Waals surface area contributed by atoms with E-state index < -0.39 is 6.43 Å². The number of piperazine rings is 1. The van der Waals surface area contributed by atoms with Crippen LogP contribution in [-0.2, 0) is 0 Å². The fourth-order valence-electron chi connectivity index (χ4n) is 1.97. The van der Waals surface area contributed by atoms with Crippen molar-refractivity contribution in [3.05, 3.63) is 24.5 Å². The molecule has 1 aliphatic rings. The molecule has 0 unspecified atom stereocenters. The monoisotopic (exact) mass is 270 g/mol. The molecule has 104 valence electrons. The van der Waals surface area contributed by atoms with Crippen LogP contribution in [-0.4, -0.2) is 60.0 Å². The third-order valence-corrected chi connectivity index (χ3v) is 2.97. The van der Waals surface area contributed by atoms with Crippen LogP contribution in [0, 0.1) is 0 Å². The van der Waals surface area contributed by atoms with E-state index in [9.17, 15) is 13.6 Å². The van der Waals surface area contributed by atoms with Crippen molar-refractivity contribution >= 4 is 11.7 Å². The van der Waals surface area contributed by atoms with Crippen LogP contribution in [0.5, 0.6) is 0 Å². The predicted octanol–water partition coefficient (Wildman–Crippen LogP) is 1.50. The van der Waals surface area contributed by atoms with Crippen molar-refractivity contribution in [2.24, 2.45) is 0 Å². The summed E-state index contributed by atoms with van der Waals surface area (Å²) in [7, 11) is 0. The van der Waals surface area contributed by atoms with Crippen LogP contribution >= 0.6 is 0 Å². The van der Waals surface area contributed by atoms with Crippen LogP contribution < -0.4 is 5.32 Å². The second-order valence-electron chi connectivity index (χ2n) is 4.35. The number of rotatable bonds is 3. The van der Waals surface area contributed by atoms with Gasteiger partial charge in [-0.3, -0.25) is 9.88 Å². The zero-order chi connectivity index (χ0) is 13.7. The van der Waals surface area contributed by atoms with Crippen LogP contribution in [0.4, 0.5) is 19.3 Å². The van der Waals surface area contributed by atoms with Gasteiger partial charge in [-0.1, -0.05) is 0 Å². The van der Waals surface area contributed by atoms with Crippen LogP contribution in [0.15, 0.2) is 24.5 Å². The van der Waals surface area contributed by atoms with E-state index in [-0.39, 0.29) is 12.6 Å². The highest BCUT2D eigenvalue weighted by atomic mass is 19.3. The SMILES string of the molecule is O=C(Nc1cccnc1)N1CCN(CC(F)F)CC1. The molecule has 2 amide bonds. The Bertz CT molecular complexity index is 407. The van der Waals surface area contributed by atoms with E-state index in [1.807, 2.05) is 0 Å². The Balaban J connectivity index is 1.79. The molecule has 2 rings (SSSR count). The molecule has 0 atom stereocenters. The Kier molecular flexibility index (Phi) is 4.62. The van der Waals surface area contributed by atoms with E-state index in [2.05, 4.69) is 10.3 Å². The van der Waals surface area contributed by atoms with E-state index in [0.29, 0.717) is 31.9 Å². The van der Waals surface area contributed by atoms with Gasteiger partial charge in [0.05, 0.1) is 18.4 Å². The average molecular weight is 270 g/mol. The predicted molar refractivity (Wildman–Crippen MR) is 67.3 cm³/mol. The minimum atomic E-state index is -2.32. The van der Waals surface area contributed by atoms with Crippen molar-refractivity contribution < 1.29 is 13.6 Å². The maximum absolute atomic E-state index is 12.2. The van der Waals surface area contributed by atoms with Crippen LogP contribution in [0.2, 0.25) is 0 Å². The molecule has 0 aromatic carbocycles. The van der Waals surface area contributed by atoms with Gasteiger partial charge in [0.25, 0.3) is 6.43 Å². The van der Waals surface area contributed by atoms with E-state index in [0.717, 1.165) is 0 Å². The van der Waals surface area contributed by atoms with Crippen molar-refractivity contribution in [3.63, 3.8) is 0 Å². The van der Waals surface area contributed by atoms with Gasteiger partial charge in [0, 0.05) is 32.4 Å². The zero-order valence-electron chi connectivity index (χ0n) is 10.4. The van der Waals surface area contributed by atoms with E-state index in [1.165, 1.54) is 0 Å². The van der Waals surface area contributed by atoms with Crippen molar-refractivity contribution in [2.45, 2.75) is 6.43 Å². The first-order valence-electron chi connectivity index (χ1n) is 6.11. The second kappa shape index (κ2) is 6.42. The first-order valence-corrected chi connectivity index (χ1v) is 6.11. The number of hydrogen-bond donors (Lipinski definition) is 1. The zero-order valence-corrected chi connectivity index (χ0v) is 10.4. The molecular weight excluding hydrogens is 254 g/mol. The third-order valence-electron chi connectivity index (χ3n) is 2.97. The van der Waals surface area contributed by atoms with Gasteiger partial charge in [0.2, 0.25) is 0 Å². The van der Waals surface area contributed by atoms with Crippen molar-refractivity contribution in [1.82, 2.24) is 14.8 Å². The number of carbonyl (C=O) groups is 1. The number of hydrogen-bond acceptors (Lipinski definition) is 3. The molecule has 1 aliphatic heterocycles. The largest absolute Gasteiger partial charge is 0.322 e. The van der Waals surface area contributed by atoms with Crippen molar-refractivity contribution in [2.75, 3.05) is 38.0 Å². The Hall–Kier alpha value is -1.76. The number of nitrogens with zero attached hydrogens (tertiary/aromatic N) is 3. The molecule has 0 spiro atoms. The van der Waals surface area contributed by atoms with Gasteiger partial charge in [-0.05, 0) is 12.1 Å². The maximum atomic E-state index is 12.2. The van der Waals surface area contributed by atoms with Crippen molar-refractivity contribution in [3.8, 4) is 0 Å². The lowest BCUT2D eigenvalue weighted by Gasteiger charge is -2.34. The number of halogens is 2. The van der Waals surface area contributed by atoms with Crippen LogP contribution in [0.1, 0.15) is 0 Å². The Morgan fingerprint density at radius 1 is 1.37 bits per heavy atom. The summed E-state index contributed by atoms with van der Waals surface area (Å²) in [5.41, 5.74) is 0.627. The van der Waals surface area contributed by atoms with Crippen LogP contribution in [0.25, 0.3) is 0 Å². The molecule has 0 aliphatic carbocycles.